The van der Waals surface area contributed by atoms with Crippen molar-refractivity contribution in [3.05, 3.63) is 48.0 Å². The molecule has 2 aromatic rings. The van der Waals surface area contributed by atoms with Gasteiger partial charge in [-0.1, -0.05) is 26.0 Å². The molecule has 2 rings (SSSR count). The van der Waals surface area contributed by atoms with E-state index in [1.165, 1.54) is 0 Å². The van der Waals surface area contributed by atoms with Gasteiger partial charge in [0.15, 0.2) is 0 Å². The van der Waals surface area contributed by atoms with Gasteiger partial charge < -0.3 is 25.6 Å². The summed E-state index contributed by atoms with van der Waals surface area (Å²) in [5.41, 5.74) is 2.07. The number of hydrogen-bond acceptors (Lipinski definition) is 5. The topological polar surface area (TPSA) is 82.7 Å². The number of anilines is 2. The summed E-state index contributed by atoms with van der Waals surface area (Å²) in [4.78, 5) is 27.9. The van der Waals surface area contributed by atoms with Crippen LogP contribution in [-0.4, -0.2) is 56.4 Å². The Morgan fingerprint density at radius 2 is 1.74 bits per heavy atom. The Kier molecular flexibility index (Phi) is 10.2. The van der Waals surface area contributed by atoms with Crippen molar-refractivity contribution >= 4 is 35.1 Å². The summed E-state index contributed by atoms with van der Waals surface area (Å²) in [7, 11) is 1.55. The fraction of sp³-hybridized carbons (Fsp3) is 0.391. The highest BCUT2D eigenvalue weighted by molar-refractivity contribution is 7.98. The van der Waals surface area contributed by atoms with Crippen LogP contribution in [0.3, 0.4) is 0 Å². The number of thioether (sulfide) groups is 1. The second-order valence-corrected chi connectivity index (χ2v) is 7.77. The molecule has 0 radical (unpaired) electrons. The zero-order valence-corrected chi connectivity index (χ0v) is 19.5. The highest BCUT2D eigenvalue weighted by Gasteiger charge is 2.11. The quantitative estimate of drug-likeness (QED) is 0.455. The highest BCUT2D eigenvalue weighted by Crippen LogP contribution is 2.24. The molecule has 0 atom stereocenters. The number of carbonyl (C=O) groups is 2. The molecule has 3 amide bonds. The molecular weight excluding hydrogens is 412 g/mol. The number of likely N-dealkylation sites (N-methyl/N-ethyl adjacent to an activating group) is 1. The molecule has 0 heterocycles. The predicted octanol–water partition coefficient (Wildman–Crippen LogP) is 4.06. The van der Waals surface area contributed by atoms with Gasteiger partial charge in [-0.25, -0.2) is 4.79 Å². The standard InChI is InChI=1S/C23H32N4O3S/c1-5-27(6-2)13-12-24-22(28)14-17-10-11-19(16-21(17)30-3)26-23(29)25-18-8-7-9-20(15-18)31-4/h7-11,15-16H,5-6,12-14H2,1-4H3,(H,24,28)(H2,25,26,29). The lowest BCUT2D eigenvalue weighted by molar-refractivity contribution is -0.120. The van der Waals surface area contributed by atoms with Crippen LogP contribution in [0.25, 0.3) is 0 Å². The maximum Gasteiger partial charge on any atom is 0.323 e. The molecule has 0 spiro atoms. The number of hydrogen-bond donors (Lipinski definition) is 3. The molecule has 0 unspecified atom stereocenters. The molecule has 0 saturated carbocycles. The second-order valence-electron chi connectivity index (χ2n) is 6.89. The van der Waals surface area contributed by atoms with Crippen LogP contribution in [0.4, 0.5) is 16.2 Å². The summed E-state index contributed by atoms with van der Waals surface area (Å²) in [6.07, 6.45) is 2.20. The van der Waals surface area contributed by atoms with E-state index >= 15 is 0 Å². The molecule has 168 valence electrons. The van der Waals surface area contributed by atoms with Crippen LogP contribution in [0.2, 0.25) is 0 Å². The van der Waals surface area contributed by atoms with E-state index < -0.39 is 0 Å². The first kappa shape index (κ1) is 24.6. The van der Waals surface area contributed by atoms with Crippen LogP contribution in [0, 0.1) is 0 Å². The largest absolute Gasteiger partial charge is 0.496 e. The molecule has 0 aliphatic rings. The van der Waals surface area contributed by atoms with E-state index in [0.717, 1.165) is 30.1 Å². The molecule has 0 aliphatic heterocycles. The van der Waals surface area contributed by atoms with Gasteiger partial charge in [-0.15, -0.1) is 11.8 Å². The SMILES string of the molecule is CCN(CC)CCNC(=O)Cc1ccc(NC(=O)Nc2cccc(SC)c2)cc1OC. The minimum Gasteiger partial charge on any atom is -0.496 e. The second kappa shape index (κ2) is 12.9. The van der Waals surface area contributed by atoms with Gasteiger partial charge in [0.25, 0.3) is 0 Å². The van der Waals surface area contributed by atoms with Crippen molar-refractivity contribution in [1.29, 1.82) is 0 Å². The molecule has 31 heavy (non-hydrogen) atoms. The monoisotopic (exact) mass is 444 g/mol. The number of methoxy groups -OCH3 is 1. The first-order valence-electron chi connectivity index (χ1n) is 10.4. The predicted molar refractivity (Wildman–Crippen MR) is 128 cm³/mol. The number of nitrogens with zero attached hydrogens (tertiary/aromatic N) is 1. The number of ether oxygens (including phenoxy) is 1. The van der Waals surface area contributed by atoms with Crippen LogP contribution in [0.15, 0.2) is 47.4 Å². The van der Waals surface area contributed by atoms with Crippen molar-refractivity contribution in [3.63, 3.8) is 0 Å². The zero-order chi connectivity index (χ0) is 22.6. The van der Waals surface area contributed by atoms with Gasteiger partial charge in [0.2, 0.25) is 5.91 Å². The number of carbonyl (C=O) groups excluding carboxylic acids is 2. The Morgan fingerprint density at radius 3 is 2.39 bits per heavy atom. The third kappa shape index (κ3) is 8.15. The van der Waals surface area contributed by atoms with Crippen LogP contribution in [0.5, 0.6) is 5.75 Å². The number of urea groups is 1. The van der Waals surface area contributed by atoms with Gasteiger partial charge >= 0.3 is 6.03 Å². The lowest BCUT2D eigenvalue weighted by Crippen LogP contribution is -2.35. The van der Waals surface area contributed by atoms with Gasteiger partial charge in [-0.05, 0) is 43.6 Å². The molecule has 7 nitrogen and oxygen atoms in total. The number of amides is 3. The van der Waals surface area contributed by atoms with E-state index in [1.54, 1.807) is 37.1 Å². The summed E-state index contributed by atoms with van der Waals surface area (Å²) >= 11 is 1.61. The van der Waals surface area contributed by atoms with E-state index in [1.807, 2.05) is 30.5 Å². The Labute approximate surface area is 188 Å². The van der Waals surface area contributed by atoms with E-state index in [9.17, 15) is 9.59 Å². The average molecular weight is 445 g/mol. The molecule has 8 heteroatoms. The highest BCUT2D eigenvalue weighted by atomic mass is 32.2. The minimum absolute atomic E-state index is 0.0578. The van der Waals surface area contributed by atoms with Crippen molar-refractivity contribution in [3.8, 4) is 5.75 Å². The van der Waals surface area contributed by atoms with Crippen molar-refractivity contribution in [2.45, 2.75) is 25.2 Å². The van der Waals surface area contributed by atoms with Crippen LogP contribution in [0.1, 0.15) is 19.4 Å². The Bertz CT molecular complexity index is 872. The maximum absolute atomic E-state index is 12.3. The normalized spacial score (nSPS) is 10.6. The van der Waals surface area contributed by atoms with Gasteiger partial charge in [0, 0.05) is 41.0 Å². The first-order valence-corrected chi connectivity index (χ1v) is 11.6. The lowest BCUT2D eigenvalue weighted by atomic mass is 10.1. The van der Waals surface area contributed by atoms with Crippen LogP contribution < -0.4 is 20.7 Å². The fourth-order valence-corrected chi connectivity index (χ4v) is 3.55. The van der Waals surface area contributed by atoms with Crippen molar-refractivity contribution in [1.82, 2.24) is 10.2 Å². The molecular formula is C23H32N4O3S. The smallest absolute Gasteiger partial charge is 0.323 e. The zero-order valence-electron chi connectivity index (χ0n) is 18.7. The number of benzene rings is 2. The third-order valence-electron chi connectivity index (χ3n) is 4.87. The number of rotatable bonds is 11. The van der Waals surface area contributed by atoms with E-state index in [-0.39, 0.29) is 18.4 Å². The van der Waals surface area contributed by atoms with Gasteiger partial charge in [-0.2, -0.15) is 0 Å². The van der Waals surface area contributed by atoms with E-state index in [2.05, 4.69) is 34.7 Å². The molecule has 0 fully saturated rings. The summed E-state index contributed by atoms with van der Waals surface area (Å²) in [5.74, 6) is 0.499. The molecule has 0 saturated heterocycles. The number of nitrogens with one attached hydrogen (secondary N) is 3. The first-order chi connectivity index (χ1) is 15.0. The maximum atomic E-state index is 12.3. The minimum atomic E-state index is -0.345. The Morgan fingerprint density at radius 1 is 1.03 bits per heavy atom. The summed E-state index contributed by atoms with van der Waals surface area (Å²) in [6, 6.07) is 12.6. The molecule has 0 aliphatic carbocycles. The summed E-state index contributed by atoms with van der Waals surface area (Å²) in [5, 5.41) is 8.57. The van der Waals surface area contributed by atoms with Gasteiger partial charge in [-0.3, -0.25) is 4.79 Å². The van der Waals surface area contributed by atoms with E-state index in [0.29, 0.717) is 23.7 Å². The third-order valence-corrected chi connectivity index (χ3v) is 5.59. The Balaban J connectivity index is 1.92. The van der Waals surface area contributed by atoms with E-state index in [4.69, 9.17) is 4.74 Å². The lowest BCUT2D eigenvalue weighted by Gasteiger charge is -2.18. The summed E-state index contributed by atoms with van der Waals surface area (Å²) in [6.45, 7) is 7.57. The molecule has 0 aromatic heterocycles. The van der Waals surface area contributed by atoms with Crippen molar-refractivity contribution in [2.24, 2.45) is 0 Å². The fourth-order valence-electron chi connectivity index (χ4n) is 3.09. The summed E-state index contributed by atoms with van der Waals surface area (Å²) < 4.78 is 5.43. The van der Waals surface area contributed by atoms with Gasteiger partial charge in [0.1, 0.15) is 5.75 Å². The van der Waals surface area contributed by atoms with Crippen molar-refractivity contribution < 1.29 is 14.3 Å². The van der Waals surface area contributed by atoms with Crippen LogP contribution in [-0.2, 0) is 11.2 Å². The van der Waals surface area contributed by atoms with Gasteiger partial charge in [0.05, 0.1) is 13.5 Å². The van der Waals surface area contributed by atoms with Crippen molar-refractivity contribution in [2.75, 3.05) is 50.2 Å². The molecule has 2 aromatic carbocycles. The molecule has 3 N–H and O–H groups in total. The van der Waals surface area contributed by atoms with Crippen LogP contribution >= 0.6 is 11.8 Å². The molecule has 0 bridgehead atoms. The average Bonchev–Trinajstić information content (AvgIpc) is 2.77. The Hall–Kier alpha value is -2.71.